The molecule has 1 aromatic carbocycles. The van der Waals surface area contributed by atoms with Crippen molar-refractivity contribution in [3.63, 3.8) is 0 Å². The van der Waals surface area contributed by atoms with Gasteiger partial charge in [-0.2, -0.15) is 0 Å². The van der Waals surface area contributed by atoms with E-state index >= 15 is 0 Å². The van der Waals surface area contributed by atoms with Gasteiger partial charge in [-0.15, -0.1) is 0 Å². The van der Waals surface area contributed by atoms with Crippen molar-refractivity contribution in [2.45, 2.75) is 51.1 Å². The van der Waals surface area contributed by atoms with Crippen LogP contribution in [-0.2, 0) is 11.3 Å². The van der Waals surface area contributed by atoms with Crippen molar-refractivity contribution in [2.75, 3.05) is 6.54 Å². The Hall–Kier alpha value is -2.84. The van der Waals surface area contributed by atoms with E-state index in [-0.39, 0.29) is 12.5 Å². The number of fused-ring (bicyclic) bond motifs is 3. The standard InChI is InChI=1S/C22H28N4OS.CH2O2/c1-4-5-12-23-22(27)26-28-17-9-7-10-18-19-11-6-8-16(14-24-15(2)3)21(19)25-20(18)13-17;2-1-3/h6-11,13,15,24H,4-5,12,14H2,1-3H3,(H2,23,26,27);1H,(H,2,3). The van der Waals surface area contributed by atoms with Crippen molar-refractivity contribution >= 4 is 35.4 Å². The summed E-state index contributed by atoms with van der Waals surface area (Å²) < 4.78 is 2.84. The highest BCUT2D eigenvalue weighted by molar-refractivity contribution is 7.98. The monoisotopic (exact) mass is 442 g/mol. The third-order valence-electron chi connectivity index (χ3n) is 4.50. The second-order valence-corrected chi connectivity index (χ2v) is 8.13. The van der Waals surface area contributed by atoms with Gasteiger partial charge in [-0.05, 0) is 36.1 Å². The zero-order valence-electron chi connectivity index (χ0n) is 18.1. The van der Waals surface area contributed by atoms with Gasteiger partial charge in [-0.25, -0.2) is 9.78 Å². The van der Waals surface area contributed by atoms with Gasteiger partial charge in [0, 0.05) is 35.0 Å². The van der Waals surface area contributed by atoms with E-state index in [9.17, 15) is 4.79 Å². The van der Waals surface area contributed by atoms with E-state index < -0.39 is 0 Å². The average molecular weight is 443 g/mol. The van der Waals surface area contributed by atoms with Gasteiger partial charge in [0.2, 0.25) is 0 Å². The smallest absolute Gasteiger partial charge is 0.325 e. The predicted molar refractivity (Wildman–Crippen MR) is 126 cm³/mol. The average Bonchev–Trinajstić information content (AvgIpc) is 2.96. The number of amides is 2. The van der Waals surface area contributed by atoms with Crippen molar-refractivity contribution < 1.29 is 14.7 Å². The largest absolute Gasteiger partial charge is 0.483 e. The van der Waals surface area contributed by atoms with Gasteiger partial charge in [0.25, 0.3) is 6.47 Å². The maximum absolute atomic E-state index is 11.9. The molecule has 0 spiro atoms. The molecular weight excluding hydrogens is 412 g/mol. The van der Waals surface area contributed by atoms with E-state index in [1.54, 1.807) is 0 Å². The molecule has 166 valence electrons. The molecular formula is C23H30N4O3S. The number of urea groups is 1. The molecule has 0 aromatic heterocycles. The highest BCUT2D eigenvalue weighted by atomic mass is 32.2. The first-order valence-electron chi connectivity index (χ1n) is 10.3. The number of hydrogen-bond donors (Lipinski definition) is 4. The van der Waals surface area contributed by atoms with Crippen LogP contribution in [0.1, 0.15) is 39.2 Å². The molecule has 0 bridgehead atoms. The summed E-state index contributed by atoms with van der Waals surface area (Å²) in [7, 11) is 0. The summed E-state index contributed by atoms with van der Waals surface area (Å²) in [6, 6.07) is 14.7. The van der Waals surface area contributed by atoms with Gasteiger partial charge in [0.15, 0.2) is 0 Å². The Morgan fingerprint density at radius 2 is 1.97 bits per heavy atom. The summed E-state index contributed by atoms with van der Waals surface area (Å²) in [4.78, 5) is 26.1. The maximum atomic E-state index is 11.9. The van der Waals surface area contributed by atoms with E-state index in [0.717, 1.165) is 46.4 Å². The predicted octanol–water partition coefficient (Wildman–Crippen LogP) is 4.64. The fraction of sp³-hybridized carbons (Fsp3) is 0.348. The molecule has 7 nitrogen and oxygen atoms in total. The van der Waals surface area contributed by atoms with Crippen LogP contribution in [0.4, 0.5) is 4.79 Å². The lowest BCUT2D eigenvalue weighted by molar-refractivity contribution is -0.122. The molecule has 8 heteroatoms. The van der Waals surface area contributed by atoms with Crippen molar-refractivity contribution in [1.82, 2.24) is 20.3 Å². The molecule has 0 fully saturated rings. The molecule has 1 aromatic rings. The SMILES string of the molecule is CCCCNC(=O)NSc1cccc2c3cccc(CNC(C)C)c3nc-2c1.O=CO. The molecule has 3 rings (SSSR count). The number of carbonyl (C=O) groups is 2. The van der Waals surface area contributed by atoms with E-state index in [1.165, 1.54) is 17.5 Å². The Morgan fingerprint density at radius 1 is 1.23 bits per heavy atom. The lowest BCUT2D eigenvalue weighted by Gasteiger charge is -2.08. The van der Waals surface area contributed by atoms with Crippen molar-refractivity contribution in [2.24, 2.45) is 0 Å². The normalized spacial score (nSPS) is 10.6. The maximum Gasteiger partial charge on any atom is 0.325 e. The van der Waals surface area contributed by atoms with Gasteiger partial charge in [-0.1, -0.05) is 57.5 Å². The van der Waals surface area contributed by atoms with Crippen LogP contribution in [0.3, 0.4) is 0 Å². The van der Waals surface area contributed by atoms with Gasteiger partial charge in [0.1, 0.15) is 0 Å². The minimum Gasteiger partial charge on any atom is -0.483 e. The van der Waals surface area contributed by atoms with Gasteiger partial charge >= 0.3 is 6.03 Å². The third kappa shape index (κ3) is 7.41. The molecule has 1 aliphatic carbocycles. The first kappa shape index (κ1) is 24.4. The minimum atomic E-state index is -0.250. The molecule has 2 aliphatic rings. The topological polar surface area (TPSA) is 103 Å². The molecule has 31 heavy (non-hydrogen) atoms. The number of para-hydroxylation sites is 1. The van der Waals surface area contributed by atoms with Crippen LogP contribution in [0, 0.1) is 0 Å². The summed E-state index contributed by atoms with van der Waals surface area (Å²) in [5.74, 6) is 0. The number of hydrogen-bond acceptors (Lipinski definition) is 5. The fourth-order valence-corrected chi connectivity index (χ4v) is 3.61. The summed E-state index contributed by atoms with van der Waals surface area (Å²) in [6.07, 6.45) is 2.04. The van der Waals surface area contributed by atoms with E-state index in [4.69, 9.17) is 14.9 Å². The number of benzene rings is 1. The summed E-state index contributed by atoms with van der Waals surface area (Å²) >= 11 is 1.31. The van der Waals surface area contributed by atoms with Gasteiger partial charge < -0.3 is 15.7 Å². The Morgan fingerprint density at radius 3 is 2.68 bits per heavy atom. The fourth-order valence-electron chi connectivity index (χ4n) is 3.01. The van der Waals surface area contributed by atoms with Crippen LogP contribution < -0.4 is 15.4 Å². The Balaban J connectivity index is 0.00000107. The highest BCUT2D eigenvalue weighted by Gasteiger charge is 2.14. The van der Waals surface area contributed by atoms with Crippen molar-refractivity contribution in [1.29, 1.82) is 0 Å². The lowest BCUT2D eigenvalue weighted by atomic mass is 10.1. The van der Waals surface area contributed by atoms with Crippen LogP contribution in [-0.4, -0.2) is 35.2 Å². The molecule has 2 amide bonds. The van der Waals surface area contributed by atoms with Crippen LogP contribution in [0.2, 0.25) is 0 Å². The molecule has 0 atom stereocenters. The zero-order valence-corrected chi connectivity index (χ0v) is 19.0. The third-order valence-corrected chi connectivity index (χ3v) is 5.28. The highest BCUT2D eigenvalue weighted by Crippen LogP contribution is 2.33. The quantitative estimate of drug-likeness (QED) is 0.230. The Labute approximate surface area is 187 Å². The molecule has 1 aliphatic heterocycles. The van der Waals surface area contributed by atoms with E-state index in [2.05, 4.69) is 60.4 Å². The van der Waals surface area contributed by atoms with Gasteiger partial charge in [0.05, 0.1) is 11.2 Å². The van der Waals surface area contributed by atoms with Crippen LogP contribution in [0.25, 0.3) is 22.2 Å². The molecule has 1 heterocycles. The number of carbonyl (C=O) groups excluding carboxylic acids is 1. The van der Waals surface area contributed by atoms with Crippen molar-refractivity contribution in [3.8, 4) is 11.3 Å². The second-order valence-electron chi connectivity index (χ2n) is 7.25. The first-order valence-corrected chi connectivity index (χ1v) is 11.1. The summed E-state index contributed by atoms with van der Waals surface area (Å²) in [6.45, 7) is 7.63. The molecule has 4 N–H and O–H groups in total. The van der Waals surface area contributed by atoms with Crippen LogP contribution >= 0.6 is 11.9 Å². The number of rotatable bonds is 8. The molecule has 0 saturated heterocycles. The number of aromatic nitrogens is 1. The number of carboxylic acid groups (broad SMARTS) is 1. The van der Waals surface area contributed by atoms with E-state index in [1.807, 2.05) is 18.2 Å². The van der Waals surface area contributed by atoms with Crippen molar-refractivity contribution in [3.05, 3.63) is 48.0 Å². The Bertz CT molecular complexity index is 965. The second kappa shape index (κ2) is 12.8. The summed E-state index contributed by atoms with van der Waals surface area (Å²) in [5, 5.41) is 14.4. The van der Waals surface area contributed by atoms with Crippen LogP contribution in [0.5, 0.6) is 0 Å². The summed E-state index contributed by atoms with van der Waals surface area (Å²) in [5.41, 5.74) is 4.30. The first-order chi connectivity index (χ1) is 15.0. The Kier molecular flexibility index (Phi) is 10.1. The van der Waals surface area contributed by atoms with Gasteiger partial charge in [-0.3, -0.25) is 9.52 Å². The number of nitrogens with zero attached hydrogens (tertiary/aromatic N) is 1. The number of nitrogens with one attached hydrogen (secondary N) is 3. The lowest BCUT2D eigenvalue weighted by Crippen LogP contribution is -2.31. The van der Waals surface area contributed by atoms with Crippen LogP contribution in [0.15, 0.2) is 47.4 Å². The number of unbranched alkanes of at least 4 members (excludes halogenated alkanes) is 1. The van der Waals surface area contributed by atoms with E-state index in [0.29, 0.717) is 12.6 Å². The molecule has 0 unspecified atom stereocenters. The zero-order chi connectivity index (χ0) is 22.6. The molecule has 0 radical (unpaired) electrons. The minimum absolute atomic E-state index is 0.163. The molecule has 0 saturated carbocycles.